The third-order valence-corrected chi connectivity index (χ3v) is 7.24. The van der Waals surface area contributed by atoms with E-state index in [0.717, 1.165) is 0 Å². The van der Waals surface area contributed by atoms with Crippen LogP contribution in [0.15, 0.2) is 24.3 Å². The number of aliphatic hydroxyl groups excluding tert-OH is 2. The molecule has 1 fully saturated rings. The predicted octanol–water partition coefficient (Wildman–Crippen LogP) is 0.530. The molecule has 1 heterocycles. The molecule has 0 bridgehead atoms. The van der Waals surface area contributed by atoms with Crippen molar-refractivity contribution in [2.45, 2.75) is 36.8 Å². The van der Waals surface area contributed by atoms with Crippen molar-refractivity contribution in [3.05, 3.63) is 35.4 Å². The second kappa shape index (κ2) is 15.0. The van der Waals surface area contributed by atoms with E-state index in [9.17, 15) is 24.9 Å². The van der Waals surface area contributed by atoms with Crippen molar-refractivity contribution in [1.82, 2.24) is 10.6 Å². The van der Waals surface area contributed by atoms with Gasteiger partial charge < -0.3 is 59.1 Å². The lowest BCUT2D eigenvalue weighted by Crippen LogP contribution is -2.56. The second-order valence-corrected chi connectivity index (χ2v) is 9.69. The average Bonchev–Trinajstić information content (AvgIpc) is 3.27. The third-order valence-electron chi connectivity index (χ3n) is 7.24. The molecule has 4 atom stereocenters. The molecule has 1 aliphatic heterocycles. The van der Waals surface area contributed by atoms with Gasteiger partial charge in [-0.1, -0.05) is 0 Å². The SMILES string of the molecule is COc1cc(C(=O)NC[C@H]2OC(CCCO)[C@@](O)(CNC(=O)c3cc(OC)c(OC)c(OC)c3)[C@@H]2O)cc(OC)c1OC. The quantitative estimate of drug-likeness (QED) is 0.189. The van der Waals surface area contributed by atoms with Crippen LogP contribution in [0.25, 0.3) is 0 Å². The lowest BCUT2D eigenvalue weighted by Gasteiger charge is -2.31. The number of ether oxygens (including phenoxy) is 7. The van der Waals surface area contributed by atoms with E-state index in [1.807, 2.05) is 0 Å². The van der Waals surface area contributed by atoms with Gasteiger partial charge >= 0.3 is 0 Å². The maximum absolute atomic E-state index is 13.1. The lowest BCUT2D eigenvalue weighted by atomic mass is 9.88. The zero-order valence-electron chi connectivity index (χ0n) is 25.1. The third kappa shape index (κ3) is 7.16. The van der Waals surface area contributed by atoms with Gasteiger partial charge in [-0.15, -0.1) is 0 Å². The topological polar surface area (TPSA) is 183 Å². The Morgan fingerprint density at radius 1 is 0.791 bits per heavy atom. The Bertz CT molecular complexity index is 1220. The zero-order chi connectivity index (χ0) is 31.7. The van der Waals surface area contributed by atoms with Crippen molar-refractivity contribution in [2.75, 3.05) is 62.4 Å². The molecule has 14 heteroatoms. The van der Waals surface area contributed by atoms with Gasteiger partial charge in [0.25, 0.3) is 11.8 Å². The molecule has 14 nitrogen and oxygen atoms in total. The standard InChI is InChI=1S/C29H40N2O12/c1-37-18-10-16(11-19(38-2)24(18)41-5)27(34)30-14-22-26(33)29(36,23(43-22)8-7-9-32)15-31-28(35)17-12-20(39-3)25(42-6)21(13-17)40-4/h10-13,22-23,26,32-33,36H,7-9,14-15H2,1-6H3,(H,30,34)(H,31,35)/t22-,23?,26-,29+/m1/s1. The number of carbonyl (C=O) groups excluding carboxylic acids is 2. The fourth-order valence-electron chi connectivity index (χ4n) is 4.93. The summed E-state index contributed by atoms with van der Waals surface area (Å²) in [7, 11) is 8.57. The van der Waals surface area contributed by atoms with Crippen molar-refractivity contribution < 1.29 is 58.1 Å². The fourth-order valence-corrected chi connectivity index (χ4v) is 4.93. The normalized spacial score (nSPS) is 21.1. The van der Waals surface area contributed by atoms with Gasteiger partial charge in [-0.2, -0.15) is 0 Å². The van der Waals surface area contributed by atoms with E-state index in [1.54, 1.807) is 0 Å². The van der Waals surface area contributed by atoms with Crippen LogP contribution < -0.4 is 39.1 Å². The second-order valence-electron chi connectivity index (χ2n) is 9.69. The maximum atomic E-state index is 13.1. The molecular weight excluding hydrogens is 568 g/mol. The van der Waals surface area contributed by atoms with Crippen LogP contribution in [0.3, 0.4) is 0 Å². The molecule has 2 aromatic rings. The largest absolute Gasteiger partial charge is 0.493 e. The Morgan fingerprint density at radius 3 is 1.63 bits per heavy atom. The Balaban J connectivity index is 1.76. The average molecular weight is 609 g/mol. The molecule has 0 aromatic heterocycles. The van der Waals surface area contributed by atoms with Crippen molar-refractivity contribution in [3.8, 4) is 34.5 Å². The van der Waals surface area contributed by atoms with Gasteiger partial charge in [-0.05, 0) is 37.1 Å². The van der Waals surface area contributed by atoms with E-state index in [-0.39, 0.29) is 60.1 Å². The Hall–Kier alpha value is -3.98. The first-order chi connectivity index (χ1) is 20.6. The molecule has 0 spiro atoms. The van der Waals surface area contributed by atoms with Gasteiger partial charge in [0.15, 0.2) is 23.0 Å². The highest BCUT2D eigenvalue weighted by molar-refractivity contribution is 5.96. The summed E-state index contributed by atoms with van der Waals surface area (Å²) in [5.41, 5.74) is -1.58. The highest BCUT2D eigenvalue weighted by Crippen LogP contribution is 2.39. The van der Waals surface area contributed by atoms with E-state index in [2.05, 4.69) is 10.6 Å². The summed E-state index contributed by atoms with van der Waals surface area (Å²) < 4.78 is 37.7. The van der Waals surface area contributed by atoms with Crippen LogP contribution >= 0.6 is 0 Å². The number of amides is 2. The first kappa shape index (κ1) is 33.5. The first-order valence-corrected chi connectivity index (χ1v) is 13.4. The molecule has 43 heavy (non-hydrogen) atoms. The summed E-state index contributed by atoms with van der Waals surface area (Å²) in [6, 6.07) is 5.85. The highest BCUT2D eigenvalue weighted by atomic mass is 16.6. The van der Waals surface area contributed by atoms with Gasteiger partial charge in [0.1, 0.15) is 17.8 Å². The summed E-state index contributed by atoms with van der Waals surface area (Å²) in [5.74, 6) is 0.614. The van der Waals surface area contributed by atoms with Crippen LogP contribution in [0.5, 0.6) is 34.5 Å². The minimum absolute atomic E-state index is 0.160. The Kier molecular flexibility index (Phi) is 11.7. The van der Waals surface area contributed by atoms with Crippen LogP contribution in [0, 0.1) is 0 Å². The van der Waals surface area contributed by atoms with Gasteiger partial charge in [0.05, 0.1) is 55.3 Å². The first-order valence-electron chi connectivity index (χ1n) is 13.4. The number of methoxy groups -OCH3 is 6. The number of hydrogen-bond donors (Lipinski definition) is 5. The van der Waals surface area contributed by atoms with Gasteiger partial charge in [0.2, 0.25) is 11.5 Å². The minimum atomic E-state index is -1.94. The van der Waals surface area contributed by atoms with E-state index in [0.29, 0.717) is 11.5 Å². The Labute approximate surface area is 249 Å². The molecule has 5 N–H and O–H groups in total. The Morgan fingerprint density at radius 2 is 1.23 bits per heavy atom. The van der Waals surface area contributed by atoms with Crippen LogP contribution in [0.4, 0.5) is 0 Å². The molecule has 0 aliphatic carbocycles. The number of hydrogen-bond acceptors (Lipinski definition) is 12. The number of nitrogens with one attached hydrogen (secondary N) is 2. The highest BCUT2D eigenvalue weighted by Gasteiger charge is 2.54. The molecule has 2 amide bonds. The van der Waals surface area contributed by atoms with Crippen molar-refractivity contribution in [1.29, 1.82) is 0 Å². The summed E-state index contributed by atoms with van der Waals surface area (Å²) >= 11 is 0. The van der Waals surface area contributed by atoms with Crippen molar-refractivity contribution in [2.24, 2.45) is 0 Å². The van der Waals surface area contributed by atoms with Crippen LogP contribution in [-0.2, 0) is 4.74 Å². The lowest BCUT2D eigenvalue weighted by molar-refractivity contribution is -0.0774. The molecule has 1 saturated heterocycles. The maximum Gasteiger partial charge on any atom is 0.251 e. The number of rotatable bonds is 15. The van der Waals surface area contributed by atoms with E-state index >= 15 is 0 Å². The number of aliphatic hydroxyl groups is 3. The smallest absolute Gasteiger partial charge is 0.251 e. The van der Waals surface area contributed by atoms with Gasteiger partial charge in [-0.3, -0.25) is 9.59 Å². The monoisotopic (exact) mass is 608 g/mol. The number of carbonyl (C=O) groups is 2. The summed E-state index contributed by atoms with van der Waals surface area (Å²) in [6.45, 7) is -0.737. The van der Waals surface area contributed by atoms with E-state index in [1.165, 1.54) is 66.9 Å². The molecule has 3 rings (SSSR count). The fraction of sp³-hybridized carbons (Fsp3) is 0.517. The van der Waals surface area contributed by atoms with E-state index < -0.39 is 42.3 Å². The summed E-state index contributed by atoms with van der Waals surface area (Å²) in [6.07, 6.45) is -3.04. The number of benzene rings is 2. The summed E-state index contributed by atoms with van der Waals surface area (Å²) in [5, 5.41) is 37.4. The van der Waals surface area contributed by atoms with Crippen molar-refractivity contribution >= 4 is 11.8 Å². The zero-order valence-corrected chi connectivity index (χ0v) is 25.1. The van der Waals surface area contributed by atoms with Crippen LogP contribution in [0.1, 0.15) is 33.6 Å². The van der Waals surface area contributed by atoms with Gasteiger partial charge in [0, 0.05) is 24.3 Å². The molecule has 2 aromatic carbocycles. The molecule has 0 radical (unpaired) electrons. The molecule has 1 aliphatic rings. The molecule has 238 valence electrons. The molecule has 0 saturated carbocycles. The molecule has 1 unspecified atom stereocenters. The van der Waals surface area contributed by atoms with E-state index in [4.69, 9.17) is 33.2 Å². The molecular formula is C29H40N2O12. The van der Waals surface area contributed by atoms with Gasteiger partial charge in [-0.25, -0.2) is 0 Å². The van der Waals surface area contributed by atoms with Crippen LogP contribution in [0.2, 0.25) is 0 Å². The predicted molar refractivity (Wildman–Crippen MR) is 153 cm³/mol. The summed E-state index contributed by atoms with van der Waals surface area (Å²) in [4.78, 5) is 26.1. The van der Waals surface area contributed by atoms with Crippen LogP contribution in [-0.4, -0.2) is 113 Å². The minimum Gasteiger partial charge on any atom is -0.493 e. The van der Waals surface area contributed by atoms with Crippen molar-refractivity contribution in [3.63, 3.8) is 0 Å².